The van der Waals surface area contributed by atoms with E-state index in [-0.39, 0.29) is 0 Å². The largest absolute Gasteiger partial charge is 0.461 e. The molecule has 0 unspecified atom stereocenters. The average Bonchev–Trinajstić information content (AvgIpc) is 3.16. The molecule has 0 bridgehead atoms. The Bertz CT molecular complexity index is 708. The standard InChI is InChI=1S/C16H17N3O/c1-2-15(20-9-1)16-18-13-4-3-12(10-14(13)19-16)11-5-7-17-8-6-11/h1-4,9-11,17H,5-8H2,(H,18,19). The van der Waals surface area contributed by atoms with Gasteiger partial charge in [-0.15, -0.1) is 0 Å². The number of nitrogens with one attached hydrogen (secondary N) is 2. The molecule has 2 aromatic heterocycles. The molecule has 20 heavy (non-hydrogen) atoms. The molecule has 102 valence electrons. The number of hydrogen-bond donors (Lipinski definition) is 2. The molecular formula is C16H17N3O. The number of H-pyrrole nitrogens is 1. The molecule has 0 atom stereocenters. The summed E-state index contributed by atoms with van der Waals surface area (Å²) in [5, 5.41) is 3.41. The number of furan rings is 1. The second kappa shape index (κ2) is 4.80. The van der Waals surface area contributed by atoms with E-state index in [4.69, 9.17) is 4.42 Å². The predicted octanol–water partition coefficient (Wildman–Crippen LogP) is 3.29. The third-order valence-electron chi connectivity index (χ3n) is 4.07. The van der Waals surface area contributed by atoms with Gasteiger partial charge in [-0.2, -0.15) is 0 Å². The summed E-state index contributed by atoms with van der Waals surface area (Å²) >= 11 is 0. The maximum absolute atomic E-state index is 5.39. The minimum Gasteiger partial charge on any atom is -0.461 e. The van der Waals surface area contributed by atoms with E-state index < -0.39 is 0 Å². The fraction of sp³-hybridized carbons (Fsp3) is 0.312. The number of hydrogen-bond acceptors (Lipinski definition) is 3. The van der Waals surface area contributed by atoms with Crippen LogP contribution in [0.15, 0.2) is 41.0 Å². The number of benzene rings is 1. The van der Waals surface area contributed by atoms with Crippen molar-refractivity contribution in [1.29, 1.82) is 0 Å². The molecule has 0 spiro atoms. The Labute approximate surface area is 117 Å². The summed E-state index contributed by atoms with van der Waals surface area (Å²) in [5.74, 6) is 2.24. The van der Waals surface area contributed by atoms with E-state index in [9.17, 15) is 0 Å². The van der Waals surface area contributed by atoms with E-state index in [2.05, 4.69) is 33.5 Å². The van der Waals surface area contributed by atoms with Crippen LogP contribution in [0.3, 0.4) is 0 Å². The molecular weight excluding hydrogens is 250 g/mol. The van der Waals surface area contributed by atoms with Crippen molar-refractivity contribution in [2.75, 3.05) is 13.1 Å². The molecule has 2 N–H and O–H groups in total. The molecule has 4 nitrogen and oxygen atoms in total. The highest BCUT2D eigenvalue weighted by molar-refractivity contribution is 5.79. The first kappa shape index (κ1) is 11.7. The van der Waals surface area contributed by atoms with Gasteiger partial charge in [0.1, 0.15) is 0 Å². The lowest BCUT2D eigenvalue weighted by Gasteiger charge is -2.22. The first-order chi connectivity index (χ1) is 9.90. The SMILES string of the molecule is c1coc(-c2nc3ccc(C4CCNCC4)cc3[nH]2)c1. The summed E-state index contributed by atoms with van der Waals surface area (Å²) < 4.78 is 5.39. The number of nitrogens with zero attached hydrogens (tertiary/aromatic N) is 1. The number of fused-ring (bicyclic) bond motifs is 1. The Morgan fingerprint density at radius 1 is 1.15 bits per heavy atom. The molecule has 1 aromatic carbocycles. The Morgan fingerprint density at radius 3 is 2.85 bits per heavy atom. The number of aromatic amines is 1. The summed E-state index contributed by atoms with van der Waals surface area (Å²) in [6.07, 6.45) is 4.10. The fourth-order valence-electron chi connectivity index (χ4n) is 2.97. The van der Waals surface area contributed by atoms with Gasteiger partial charge in [0.2, 0.25) is 0 Å². The smallest absolute Gasteiger partial charge is 0.174 e. The van der Waals surface area contributed by atoms with E-state index in [1.807, 2.05) is 12.1 Å². The molecule has 4 rings (SSSR count). The molecule has 0 amide bonds. The molecule has 0 saturated carbocycles. The van der Waals surface area contributed by atoms with E-state index in [1.54, 1.807) is 6.26 Å². The van der Waals surface area contributed by atoms with Crippen LogP contribution in [0, 0.1) is 0 Å². The molecule has 0 aliphatic carbocycles. The van der Waals surface area contributed by atoms with Gasteiger partial charge < -0.3 is 14.7 Å². The van der Waals surface area contributed by atoms with E-state index >= 15 is 0 Å². The maximum Gasteiger partial charge on any atom is 0.174 e. The van der Waals surface area contributed by atoms with Crippen molar-refractivity contribution < 1.29 is 4.42 Å². The molecule has 3 heterocycles. The number of imidazole rings is 1. The highest BCUT2D eigenvalue weighted by atomic mass is 16.3. The van der Waals surface area contributed by atoms with Crippen molar-refractivity contribution in [3.8, 4) is 11.6 Å². The van der Waals surface area contributed by atoms with Crippen LogP contribution in [0.1, 0.15) is 24.3 Å². The highest BCUT2D eigenvalue weighted by Gasteiger charge is 2.16. The van der Waals surface area contributed by atoms with Crippen molar-refractivity contribution >= 4 is 11.0 Å². The Kier molecular flexibility index (Phi) is 2.81. The second-order valence-electron chi connectivity index (χ2n) is 5.36. The van der Waals surface area contributed by atoms with Crippen molar-refractivity contribution in [3.63, 3.8) is 0 Å². The number of rotatable bonds is 2. The van der Waals surface area contributed by atoms with Gasteiger partial charge >= 0.3 is 0 Å². The zero-order valence-electron chi connectivity index (χ0n) is 11.2. The zero-order valence-corrected chi connectivity index (χ0v) is 11.2. The van der Waals surface area contributed by atoms with Crippen LogP contribution in [0.4, 0.5) is 0 Å². The van der Waals surface area contributed by atoms with Crippen molar-refractivity contribution in [1.82, 2.24) is 15.3 Å². The molecule has 1 aliphatic heterocycles. The molecule has 1 aliphatic rings. The first-order valence-electron chi connectivity index (χ1n) is 7.14. The summed E-state index contributed by atoms with van der Waals surface area (Å²) in [4.78, 5) is 7.94. The van der Waals surface area contributed by atoms with Crippen LogP contribution in [-0.4, -0.2) is 23.1 Å². The normalized spacial score (nSPS) is 16.8. The lowest BCUT2D eigenvalue weighted by atomic mass is 9.90. The minimum atomic E-state index is 0.663. The molecule has 1 saturated heterocycles. The number of piperidine rings is 1. The average molecular weight is 267 g/mol. The first-order valence-corrected chi connectivity index (χ1v) is 7.14. The Hall–Kier alpha value is -2.07. The fourth-order valence-corrected chi connectivity index (χ4v) is 2.97. The van der Waals surface area contributed by atoms with Gasteiger partial charge in [0.05, 0.1) is 17.3 Å². The van der Waals surface area contributed by atoms with Crippen LogP contribution in [0.25, 0.3) is 22.6 Å². The summed E-state index contributed by atoms with van der Waals surface area (Å²) in [6.45, 7) is 2.23. The van der Waals surface area contributed by atoms with E-state index in [0.29, 0.717) is 5.92 Å². The lowest BCUT2D eigenvalue weighted by Crippen LogP contribution is -2.26. The molecule has 4 heteroatoms. The predicted molar refractivity (Wildman–Crippen MR) is 78.6 cm³/mol. The Balaban J connectivity index is 1.72. The monoisotopic (exact) mass is 267 g/mol. The van der Waals surface area contributed by atoms with Crippen molar-refractivity contribution in [3.05, 3.63) is 42.2 Å². The highest BCUT2D eigenvalue weighted by Crippen LogP contribution is 2.28. The van der Waals surface area contributed by atoms with Crippen LogP contribution >= 0.6 is 0 Å². The quantitative estimate of drug-likeness (QED) is 0.749. The summed E-state index contributed by atoms with van der Waals surface area (Å²) in [5.41, 5.74) is 3.50. The summed E-state index contributed by atoms with van der Waals surface area (Å²) in [6, 6.07) is 10.4. The topological polar surface area (TPSA) is 53.9 Å². The van der Waals surface area contributed by atoms with Crippen molar-refractivity contribution in [2.24, 2.45) is 0 Å². The third kappa shape index (κ3) is 2.02. The van der Waals surface area contributed by atoms with Crippen molar-refractivity contribution in [2.45, 2.75) is 18.8 Å². The maximum atomic E-state index is 5.39. The molecule has 3 aromatic rings. The molecule has 1 fully saturated rings. The van der Waals surface area contributed by atoms with Gasteiger partial charge in [-0.1, -0.05) is 6.07 Å². The van der Waals surface area contributed by atoms with Gasteiger partial charge in [-0.3, -0.25) is 0 Å². The van der Waals surface area contributed by atoms with Gasteiger partial charge in [0.15, 0.2) is 11.6 Å². The van der Waals surface area contributed by atoms with Gasteiger partial charge in [0, 0.05) is 0 Å². The van der Waals surface area contributed by atoms with Crippen LogP contribution in [-0.2, 0) is 0 Å². The Morgan fingerprint density at radius 2 is 2.05 bits per heavy atom. The zero-order chi connectivity index (χ0) is 13.4. The third-order valence-corrected chi connectivity index (χ3v) is 4.07. The minimum absolute atomic E-state index is 0.663. The lowest BCUT2D eigenvalue weighted by molar-refractivity contribution is 0.460. The number of aromatic nitrogens is 2. The van der Waals surface area contributed by atoms with Crippen LogP contribution in [0.5, 0.6) is 0 Å². The van der Waals surface area contributed by atoms with Crippen LogP contribution < -0.4 is 5.32 Å². The second-order valence-corrected chi connectivity index (χ2v) is 5.36. The van der Waals surface area contributed by atoms with Crippen LogP contribution in [0.2, 0.25) is 0 Å². The van der Waals surface area contributed by atoms with Gasteiger partial charge in [0.25, 0.3) is 0 Å². The van der Waals surface area contributed by atoms with Gasteiger partial charge in [-0.05, 0) is 61.7 Å². The van der Waals surface area contributed by atoms with E-state index in [0.717, 1.165) is 35.7 Å². The summed E-state index contributed by atoms with van der Waals surface area (Å²) in [7, 11) is 0. The molecule has 0 radical (unpaired) electrons. The van der Waals surface area contributed by atoms with Gasteiger partial charge in [-0.25, -0.2) is 4.98 Å². The van der Waals surface area contributed by atoms with E-state index in [1.165, 1.54) is 18.4 Å².